The van der Waals surface area contributed by atoms with Crippen LogP contribution in [0.15, 0.2) is 41.1 Å². The Hall–Kier alpha value is -2.01. The van der Waals surface area contributed by atoms with Crippen molar-refractivity contribution in [2.45, 2.75) is 13.0 Å². The van der Waals surface area contributed by atoms with Crippen molar-refractivity contribution in [3.8, 4) is 5.75 Å². The molecule has 1 atom stereocenters. The lowest BCUT2D eigenvalue weighted by atomic mass is 10.1. The lowest BCUT2D eigenvalue weighted by Gasteiger charge is -2.37. The molecule has 0 fully saturated rings. The Morgan fingerprint density at radius 2 is 2.23 bits per heavy atom. The number of fused-ring (bicyclic) bond motifs is 1. The molecule has 0 N–H and O–H groups in total. The first-order valence-electron chi connectivity index (χ1n) is 7.47. The van der Waals surface area contributed by atoms with Gasteiger partial charge in [-0.05, 0) is 30.5 Å². The van der Waals surface area contributed by atoms with Crippen LogP contribution < -0.4 is 9.64 Å². The SMILES string of the molecule is CCN1C[C@H](CN(C)C(=O)c2ccsc2)Oc2ccccc21. The predicted molar refractivity (Wildman–Crippen MR) is 90.0 cm³/mol. The van der Waals surface area contributed by atoms with Crippen LogP contribution in [0, 0.1) is 0 Å². The summed E-state index contributed by atoms with van der Waals surface area (Å²) in [5.41, 5.74) is 1.88. The summed E-state index contributed by atoms with van der Waals surface area (Å²) in [5.74, 6) is 0.948. The van der Waals surface area contributed by atoms with E-state index in [4.69, 9.17) is 4.74 Å². The van der Waals surface area contributed by atoms with Gasteiger partial charge in [0.25, 0.3) is 5.91 Å². The molecule has 116 valence electrons. The molecule has 0 aliphatic carbocycles. The number of thiophene rings is 1. The van der Waals surface area contributed by atoms with Gasteiger partial charge in [0.1, 0.15) is 11.9 Å². The maximum absolute atomic E-state index is 12.3. The summed E-state index contributed by atoms with van der Waals surface area (Å²) in [4.78, 5) is 16.4. The topological polar surface area (TPSA) is 32.8 Å². The number of carbonyl (C=O) groups is 1. The lowest BCUT2D eigenvalue weighted by Crippen LogP contribution is -2.46. The van der Waals surface area contributed by atoms with Gasteiger partial charge in [0.2, 0.25) is 0 Å². The van der Waals surface area contributed by atoms with Crippen LogP contribution in [-0.2, 0) is 0 Å². The van der Waals surface area contributed by atoms with E-state index in [1.165, 1.54) is 11.3 Å². The normalized spacial score (nSPS) is 16.8. The van der Waals surface area contributed by atoms with Gasteiger partial charge < -0.3 is 14.5 Å². The minimum Gasteiger partial charge on any atom is -0.485 e. The molecule has 0 bridgehead atoms. The van der Waals surface area contributed by atoms with Crippen molar-refractivity contribution < 1.29 is 9.53 Å². The number of likely N-dealkylation sites (N-methyl/N-ethyl adjacent to an activating group) is 2. The number of carbonyl (C=O) groups excluding carboxylic acids is 1. The van der Waals surface area contributed by atoms with E-state index in [2.05, 4.69) is 17.9 Å². The average Bonchev–Trinajstić information content (AvgIpc) is 3.07. The van der Waals surface area contributed by atoms with Gasteiger partial charge in [0, 0.05) is 19.0 Å². The molecule has 0 saturated carbocycles. The zero-order chi connectivity index (χ0) is 15.5. The number of ether oxygens (including phenoxy) is 1. The van der Waals surface area contributed by atoms with Gasteiger partial charge in [-0.25, -0.2) is 0 Å². The van der Waals surface area contributed by atoms with Gasteiger partial charge in [0.05, 0.1) is 24.3 Å². The molecule has 2 heterocycles. The standard InChI is InChI=1S/C17H20N2O2S/c1-3-19-11-14(21-16-7-5-4-6-15(16)19)10-18(2)17(20)13-8-9-22-12-13/h4-9,12,14H,3,10-11H2,1-2H3/t14-/m0/s1. The molecule has 1 aliphatic heterocycles. The van der Waals surface area contributed by atoms with Crippen molar-refractivity contribution in [2.75, 3.05) is 31.6 Å². The van der Waals surface area contributed by atoms with Crippen LogP contribution in [-0.4, -0.2) is 43.6 Å². The maximum atomic E-state index is 12.3. The molecule has 1 aliphatic rings. The van der Waals surface area contributed by atoms with E-state index in [1.807, 2.05) is 42.1 Å². The van der Waals surface area contributed by atoms with Gasteiger partial charge in [-0.1, -0.05) is 12.1 Å². The van der Waals surface area contributed by atoms with Crippen LogP contribution in [0.5, 0.6) is 5.75 Å². The summed E-state index contributed by atoms with van der Waals surface area (Å²) < 4.78 is 6.07. The summed E-state index contributed by atoms with van der Waals surface area (Å²) >= 11 is 1.54. The minimum atomic E-state index is -0.0116. The van der Waals surface area contributed by atoms with Gasteiger partial charge >= 0.3 is 0 Å². The van der Waals surface area contributed by atoms with E-state index in [0.717, 1.165) is 30.1 Å². The van der Waals surface area contributed by atoms with Gasteiger partial charge in [-0.15, -0.1) is 0 Å². The zero-order valence-electron chi connectivity index (χ0n) is 12.9. The number of benzene rings is 1. The van der Waals surface area contributed by atoms with Crippen LogP contribution in [0.1, 0.15) is 17.3 Å². The second kappa shape index (κ2) is 6.40. The lowest BCUT2D eigenvalue weighted by molar-refractivity contribution is 0.0710. The molecule has 0 radical (unpaired) electrons. The molecule has 0 saturated heterocycles. The Bertz CT molecular complexity index is 642. The first-order chi connectivity index (χ1) is 10.7. The Labute approximate surface area is 134 Å². The molecule has 1 aromatic carbocycles. The van der Waals surface area contributed by atoms with Crippen LogP contribution in [0.2, 0.25) is 0 Å². The monoisotopic (exact) mass is 316 g/mol. The van der Waals surface area contributed by atoms with Crippen molar-refractivity contribution >= 4 is 22.9 Å². The van der Waals surface area contributed by atoms with E-state index >= 15 is 0 Å². The first-order valence-corrected chi connectivity index (χ1v) is 8.41. The number of nitrogens with zero attached hydrogens (tertiary/aromatic N) is 2. The van der Waals surface area contributed by atoms with E-state index in [0.29, 0.717) is 6.54 Å². The summed E-state index contributed by atoms with van der Waals surface area (Å²) in [6, 6.07) is 9.94. The van der Waals surface area contributed by atoms with E-state index in [9.17, 15) is 4.79 Å². The molecule has 0 unspecified atom stereocenters. The molecule has 4 nitrogen and oxygen atoms in total. The highest BCUT2D eigenvalue weighted by molar-refractivity contribution is 7.08. The fourth-order valence-electron chi connectivity index (χ4n) is 2.77. The summed E-state index contributed by atoms with van der Waals surface area (Å²) in [7, 11) is 1.83. The minimum absolute atomic E-state index is 0.0116. The molecule has 1 aromatic heterocycles. The summed E-state index contributed by atoms with van der Waals surface area (Å²) in [5, 5.41) is 3.81. The maximum Gasteiger partial charge on any atom is 0.254 e. The smallest absolute Gasteiger partial charge is 0.254 e. The Morgan fingerprint density at radius 3 is 2.95 bits per heavy atom. The molecule has 5 heteroatoms. The quantitative estimate of drug-likeness (QED) is 0.869. The Balaban J connectivity index is 1.70. The summed E-state index contributed by atoms with van der Waals surface area (Å²) in [6.07, 6.45) is -0.0116. The van der Waals surface area contributed by atoms with Crippen molar-refractivity contribution in [1.29, 1.82) is 0 Å². The van der Waals surface area contributed by atoms with Crippen LogP contribution in [0.3, 0.4) is 0 Å². The van der Waals surface area contributed by atoms with Crippen LogP contribution >= 0.6 is 11.3 Å². The number of hydrogen-bond donors (Lipinski definition) is 0. The molecule has 1 amide bonds. The van der Waals surface area contributed by atoms with E-state index in [1.54, 1.807) is 4.90 Å². The predicted octanol–water partition coefficient (Wildman–Crippen LogP) is 3.11. The third-order valence-corrected chi connectivity index (χ3v) is 4.58. The van der Waals surface area contributed by atoms with Crippen molar-refractivity contribution in [1.82, 2.24) is 4.90 Å². The van der Waals surface area contributed by atoms with Crippen LogP contribution in [0.25, 0.3) is 0 Å². The number of anilines is 1. The highest BCUT2D eigenvalue weighted by atomic mass is 32.1. The first kappa shape index (κ1) is 14.9. The number of rotatable bonds is 4. The molecule has 2 aromatic rings. The van der Waals surface area contributed by atoms with Crippen molar-refractivity contribution in [3.63, 3.8) is 0 Å². The fraction of sp³-hybridized carbons (Fsp3) is 0.353. The molecule has 0 spiro atoms. The third-order valence-electron chi connectivity index (χ3n) is 3.90. The highest BCUT2D eigenvalue weighted by Crippen LogP contribution is 2.32. The third kappa shape index (κ3) is 2.95. The largest absolute Gasteiger partial charge is 0.485 e. The molecular formula is C17H20N2O2S. The van der Waals surface area contributed by atoms with Crippen LogP contribution in [0.4, 0.5) is 5.69 Å². The van der Waals surface area contributed by atoms with Gasteiger partial charge in [-0.3, -0.25) is 4.79 Å². The number of amides is 1. The van der Waals surface area contributed by atoms with Gasteiger partial charge in [-0.2, -0.15) is 11.3 Å². The number of para-hydroxylation sites is 2. The van der Waals surface area contributed by atoms with Gasteiger partial charge in [0.15, 0.2) is 0 Å². The second-order valence-corrected chi connectivity index (χ2v) is 6.22. The fourth-order valence-corrected chi connectivity index (χ4v) is 3.40. The Morgan fingerprint density at radius 1 is 1.41 bits per heavy atom. The second-order valence-electron chi connectivity index (χ2n) is 5.44. The molecular weight excluding hydrogens is 296 g/mol. The van der Waals surface area contributed by atoms with E-state index < -0.39 is 0 Å². The summed E-state index contributed by atoms with van der Waals surface area (Å²) in [6.45, 7) is 4.45. The van der Waals surface area contributed by atoms with E-state index in [-0.39, 0.29) is 12.0 Å². The molecule has 22 heavy (non-hydrogen) atoms. The Kier molecular flexibility index (Phi) is 4.34. The highest BCUT2D eigenvalue weighted by Gasteiger charge is 2.26. The zero-order valence-corrected chi connectivity index (χ0v) is 13.7. The van der Waals surface area contributed by atoms with Crippen molar-refractivity contribution in [3.05, 3.63) is 46.7 Å². The average molecular weight is 316 g/mol. The van der Waals surface area contributed by atoms with Crippen molar-refractivity contribution in [2.24, 2.45) is 0 Å². The number of hydrogen-bond acceptors (Lipinski definition) is 4. The molecule has 3 rings (SSSR count).